The molecule has 0 aliphatic heterocycles. The first-order valence-electron chi connectivity index (χ1n) is 5.21. The van der Waals surface area contributed by atoms with E-state index in [4.69, 9.17) is 10.8 Å². The van der Waals surface area contributed by atoms with E-state index in [1.54, 1.807) is 13.0 Å². The highest BCUT2D eigenvalue weighted by Gasteiger charge is 2.13. The molecule has 0 aliphatic carbocycles. The third-order valence-electron chi connectivity index (χ3n) is 2.44. The van der Waals surface area contributed by atoms with Crippen LogP contribution in [0.2, 0.25) is 0 Å². The van der Waals surface area contributed by atoms with Gasteiger partial charge in [-0.1, -0.05) is 12.1 Å². The van der Waals surface area contributed by atoms with Gasteiger partial charge in [0.25, 0.3) is 0 Å². The molecule has 5 nitrogen and oxygen atoms in total. The highest BCUT2D eigenvalue weighted by molar-refractivity contribution is 5.86. The van der Waals surface area contributed by atoms with Gasteiger partial charge in [0.15, 0.2) is 5.69 Å². The van der Waals surface area contributed by atoms with E-state index in [9.17, 15) is 4.79 Å². The summed E-state index contributed by atoms with van der Waals surface area (Å²) in [5.74, 6) is -0.997. The highest BCUT2D eigenvalue weighted by atomic mass is 16.4. The molecule has 0 unspecified atom stereocenters. The van der Waals surface area contributed by atoms with Gasteiger partial charge in [-0.25, -0.2) is 9.48 Å². The third kappa shape index (κ3) is 2.19. The zero-order valence-electron chi connectivity index (χ0n) is 9.42. The van der Waals surface area contributed by atoms with Crippen molar-refractivity contribution in [2.24, 2.45) is 5.73 Å². The lowest BCUT2D eigenvalue weighted by atomic mass is 10.2. The van der Waals surface area contributed by atoms with E-state index in [0.29, 0.717) is 17.9 Å². The first-order chi connectivity index (χ1) is 8.11. The maximum Gasteiger partial charge on any atom is 0.354 e. The molecule has 0 saturated carbocycles. The minimum Gasteiger partial charge on any atom is -0.477 e. The maximum atomic E-state index is 11.1. The van der Waals surface area contributed by atoms with Crippen molar-refractivity contribution in [2.75, 3.05) is 0 Å². The summed E-state index contributed by atoms with van der Waals surface area (Å²) in [5, 5.41) is 13.3. The molecule has 0 aliphatic rings. The van der Waals surface area contributed by atoms with E-state index in [0.717, 1.165) is 5.56 Å². The van der Waals surface area contributed by atoms with Gasteiger partial charge in [0.05, 0.1) is 11.4 Å². The van der Waals surface area contributed by atoms with Crippen LogP contribution in [0.25, 0.3) is 5.69 Å². The molecule has 2 aromatic rings. The van der Waals surface area contributed by atoms with E-state index in [1.165, 1.54) is 10.7 Å². The molecule has 0 amide bonds. The normalized spacial score (nSPS) is 10.5. The van der Waals surface area contributed by atoms with Crippen molar-refractivity contribution in [2.45, 2.75) is 13.5 Å². The van der Waals surface area contributed by atoms with Crippen LogP contribution in [0.15, 0.2) is 30.3 Å². The number of carbonyl (C=O) groups is 1. The highest BCUT2D eigenvalue weighted by Crippen LogP contribution is 2.14. The number of hydrogen-bond acceptors (Lipinski definition) is 3. The summed E-state index contributed by atoms with van der Waals surface area (Å²) in [6, 6.07) is 8.90. The van der Waals surface area contributed by atoms with Gasteiger partial charge in [-0.05, 0) is 30.7 Å². The van der Waals surface area contributed by atoms with Gasteiger partial charge in [0.1, 0.15) is 0 Å². The van der Waals surface area contributed by atoms with Crippen LogP contribution < -0.4 is 5.73 Å². The first-order valence-corrected chi connectivity index (χ1v) is 5.21. The van der Waals surface area contributed by atoms with Gasteiger partial charge in [-0.2, -0.15) is 5.10 Å². The molecule has 1 aromatic carbocycles. The molecule has 0 fully saturated rings. The quantitative estimate of drug-likeness (QED) is 0.835. The van der Waals surface area contributed by atoms with Crippen LogP contribution in [-0.2, 0) is 6.54 Å². The molecule has 1 heterocycles. The second-order valence-corrected chi connectivity index (χ2v) is 3.76. The van der Waals surface area contributed by atoms with E-state index >= 15 is 0 Å². The summed E-state index contributed by atoms with van der Waals surface area (Å²) >= 11 is 0. The molecule has 0 bridgehead atoms. The molecule has 0 radical (unpaired) electrons. The largest absolute Gasteiger partial charge is 0.477 e. The van der Waals surface area contributed by atoms with Crippen LogP contribution in [0.3, 0.4) is 0 Å². The molecule has 17 heavy (non-hydrogen) atoms. The average molecular weight is 231 g/mol. The number of carboxylic acid groups (broad SMARTS) is 1. The van der Waals surface area contributed by atoms with Crippen LogP contribution in [-0.4, -0.2) is 20.9 Å². The molecular formula is C12H13N3O2. The lowest BCUT2D eigenvalue weighted by Gasteiger charge is -2.05. The predicted molar refractivity (Wildman–Crippen MR) is 63.2 cm³/mol. The zero-order chi connectivity index (χ0) is 12.4. The van der Waals surface area contributed by atoms with Crippen LogP contribution in [0.4, 0.5) is 0 Å². The SMILES string of the molecule is Cc1cc(C(=O)O)n(-c2cccc(CN)c2)n1. The fourth-order valence-corrected chi connectivity index (χ4v) is 1.66. The lowest BCUT2D eigenvalue weighted by molar-refractivity contribution is 0.0687. The topological polar surface area (TPSA) is 81.1 Å². The van der Waals surface area contributed by atoms with Crippen LogP contribution in [0.5, 0.6) is 0 Å². The standard InChI is InChI=1S/C12H13N3O2/c1-8-5-11(12(16)17)15(14-8)10-4-2-3-9(6-10)7-13/h2-6H,7,13H2,1H3,(H,16,17). The molecular weight excluding hydrogens is 218 g/mol. The molecule has 0 spiro atoms. The fraction of sp³-hybridized carbons (Fsp3) is 0.167. The summed E-state index contributed by atoms with van der Waals surface area (Å²) < 4.78 is 1.41. The Morgan fingerprint density at radius 2 is 2.24 bits per heavy atom. The summed E-state index contributed by atoms with van der Waals surface area (Å²) in [7, 11) is 0. The van der Waals surface area contributed by atoms with E-state index < -0.39 is 5.97 Å². The lowest BCUT2D eigenvalue weighted by Crippen LogP contribution is -2.08. The average Bonchev–Trinajstić information content (AvgIpc) is 2.72. The molecule has 0 atom stereocenters. The van der Waals surface area contributed by atoms with Crippen molar-refractivity contribution >= 4 is 5.97 Å². The number of aryl methyl sites for hydroxylation is 1. The van der Waals surface area contributed by atoms with Crippen LogP contribution in [0.1, 0.15) is 21.7 Å². The number of rotatable bonds is 3. The number of hydrogen-bond donors (Lipinski definition) is 2. The second-order valence-electron chi connectivity index (χ2n) is 3.76. The number of nitrogens with zero attached hydrogens (tertiary/aromatic N) is 2. The Kier molecular flexibility index (Phi) is 2.93. The van der Waals surface area contributed by atoms with Gasteiger partial charge in [0, 0.05) is 6.54 Å². The summed E-state index contributed by atoms with van der Waals surface area (Å²) in [6.45, 7) is 2.17. The Morgan fingerprint density at radius 3 is 2.88 bits per heavy atom. The molecule has 1 aromatic heterocycles. The number of carboxylic acids is 1. The number of aromatic carboxylic acids is 1. The minimum atomic E-state index is -0.997. The van der Waals surface area contributed by atoms with Crippen molar-refractivity contribution in [1.29, 1.82) is 0 Å². The van der Waals surface area contributed by atoms with E-state index in [2.05, 4.69) is 5.10 Å². The van der Waals surface area contributed by atoms with Crippen molar-refractivity contribution in [1.82, 2.24) is 9.78 Å². The summed E-state index contributed by atoms with van der Waals surface area (Å²) in [4.78, 5) is 11.1. The Labute approximate surface area is 98.5 Å². The van der Waals surface area contributed by atoms with Crippen LogP contribution >= 0.6 is 0 Å². The Hall–Kier alpha value is -2.14. The summed E-state index contributed by atoms with van der Waals surface area (Å²) in [6.07, 6.45) is 0. The Balaban J connectivity index is 2.55. The monoisotopic (exact) mass is 231 g/mol. The first kappa shape index (κ1) is 11.3. The van der Waals surface area contributed by atoms with E-state index in [1.807, 2.05) is 18.2 Å². The van der Waals surface area contributed by atoms with Crippen molar-refractivity contribution in [3.63, 3.8) is 0 Å². The van der Waals surface area contributed by atoms with Crippen molar-refractivity contribution in [3.05, 3.63) is 47.3 Å². The Morgan fingerprint density at radius 1 is 1.47 bits per heavy atom. The maximum absolute atomic E-state index is 11.1. The van der Waals surface area contributed by atoms with Gasteiger partial charge in [-0.3, -0.25) is 0 Å². The van der Waals surface area contributed by atoms with Crippen molar-refractivity contribution < 1.29 is 9.90 Å². The smallest absolute Gasteiger partial charge is 0.354 e. The molecule has 3 N–H and O–H groups in total. The van der Waals surface area contributed by atoms with Gasteiger partial charge >= 0.3 is 5.97 Å². The summed E-state index contributed by atoms with van der Waals surface area (Å²) in [5.41, 5.74) is 8.01. The fourth-order valence-electron chi connectivity index (χ4n) is 1.66. The number of nitrogens with two attached hydrogens (primary N) is 1. The molecule has 0 saturated heterocycles. The third-order valence-corrected chi connectivity index (χ3v) is 2.44. The zero-order valence-corrected chi connectivity index (χ0v) is 9.42. The number of benzene rings is 1. The predicted octanol–water partition coefficient (Wildman–Crippen LogP) is 1.34. The van der Waals surface area contributed by atoms with E-state index in [-0.39, 0.29) is 5.69 Å². The second kappa shape index (κ2) is 4.39. The number of aromatic nitrogens is 2. The van der Waals surface area contributed by atoms with Gasteiger partial charge < -0.3 is 10.8 Å². The minimum absolute atomic E-state index is 0.150. The van der Waals surface area contributed by atoms with Gasteiger partial charge in [0.2, 0.25) is 0 Å². The van der Waals surface area contributed by atoms with Crippen molar-refractivity contribution in [3.8, 4) is 5.69 Å². The van der Waals surface area contributed by atoms with Crippen LogP contribution in [0, 0.1) is 6.92 Å². The van der Waals surface area contributed by atoms with Gasteiger partial charge in [-0.15, -0.1) is 0 Å². The molecule has 5 heteroatoms. The molecule has 2 rings (SSSR count). The molecule has 88 valence electrons. The Bertz CT molecular complexity index is 561.